The molecule has 1 fully saturated rings. The van der Waals surface area contributed by atoms with Crippen LogP contribution in [0.25, 0.3) is 0 Å². The number of hydrogen-bond acceptors (Lipinski definition) is 5. The maximum absolute atomic E-state index is 8.83. The highest BCUT2D eigenvalue weighted by Gasteiger charge is 2.19. The van der Waals surface area contributed by atoms with Gasteiger partial charge < -0.3 is 26.5 Å². The van der Waals surface area contributed by atoms with Crippen LogP contribution < -0.4 is 15.5 Å². The van der Waals surface area contributed by atoms with E-state index in [2.05, 4.69) is 51.7 Å². The molecule has 2 heterocycles. The summed E-state index contributed by atoms with van der Waals surface area (Å²) in [5.74, 6) is 0.948. The van der Waals surface area contributed by atoms with Crippen molar-refractivity contribution < 1.29 is 16.7 Å². The number of aromatic nitrogens is 1. The quantitative estimate of drug-likeness (QED) is 0.854. The zero-order chi connectivity index (χ0) is 15.5. The first-order valence-corrected chi connectivity index (χ1v) is 7.46. The van der Waals surface area contributed by atoms with Crippen LogP contribution in [0.4, 0.5) is 17.2 Å². The minimum absolute atomic E-state index is 0. The van der Waals surface area contributed by atoms with E-state index in [1.165, 1.54) is 11.3 Å². The third-order valence-electron chi connectivity index (χ3n) is 4.08. The number of piperazine rings is 1. The molecule has 0 saturated carbocycles. The fraction of sp³-hybridized carbons (Fsp3) is 0.294. The molecule has 0 atom stereocenters. The monoisotopic (exact) mass is 329 g/mol. The molecule has 6 N–H and O–H groups in total. The van der Waals surface area contributed by atoms with Crippen LogP contribution in [0.15, 0.2) is 36.5 Å². The highest BCUT2D eigenvalue weighted by Crippen LogP contribution is 2.24. The number of hydrogen-bond donors (Lipinski definition) is 1. The van der Waals surface area contributed by atoms with E-state index in [9.17, 15) is 0 Å². The standard InChI is InChI=1S/C17H19N5.2H2O/c1-13-10-15(19)3-4-16(13)21-6-8-22(9-7-21)17-5-2-14(11-18)12-20-17;;/h2-5,10,12H,6-9,19H2,1H3;2*1H2. The minimum atomic E-state index is 0. The van der Waals surface area contributed by atoms with Crippen LogP contribution in [0.1, 0.15) is 11.1 Å². The van der Waals surface area contributed by atoms with Gasteiger partial charge in [0.15, 0.2) is 0 Å². The number of pyridine rings is 1. The van der Waals surface area contributed by atoms with Gasteiger partial charge in [-0.2, -0.15) is 5.26 Å². The van der Waals surface area contributed by atoms with Gasteiger partial charge in [-0.3, -0.25) is 0 Å². The van der Waals surface area contributed by atoms with Gasteiger partial charge in [0, 0.05) is 50.2 Å². The summed E-state index contributed by atoms with van der Waals surface area (Å²) in [7, 11) is 0. The van der Waals surface area contributed by atoms with Gasteiger partial charge in [-0.1, -0.05) is 0 Å². The number of anilines is 2. The van der Waals surface area contributed by atoms with Crippen LogP contribution in [0, 0.1) is 18.3 Å². The molecule has 1 saturated heterocycles. The second kappa shape index (κ2) is 8.26. The summed E-state index contributed by atoms with van der Waals surface area (Å²) in [5, 5.41) is 8.83. The number of aryl methyl sites for hydroxylation is 1. The van der Waals surface area contributed by atoms with Gasteiger partial charge in [0.25, 0.3) is 0 Å². The smallest absolute Gasteiger partial charge is 0.128 e. The van der Waals surface area contributed by atoms with Gasteiger partial charge in [-0.25, -0.2) is 4.98 Å². The van der Waals surface area contributed by atoms with Crippen LogP contribution in [-0.4, -0.2) is 42.1 Å². The molecule has 0 radical (unpaired) electrons. The molecule has 7 nitrogen and oxygen atoms in total. The van der Waals surface area contributed by atoms with E-state index in [0.29, 0.717) is 5.56 Å². The van der Waals surface area contributed by atoms with E-state index in [4.69, 9.17) is 5.26 Å². The van der Waals surface area contributed by atoms with Gasteiger partial charge in [0.1, 0.15) is 17.6 Å². The van der Waals surface area contributed by atoms with Crippen LogP contribution in [0.2, 0.25) is 0 Å². The summed E-state index contributed by atoms with van der Waals surface area (Å²) in [6, 6.07) is 12.2. The molecular weight excluding hydrogens is 306 g/mol. The van der Waals surface area contributed by atoms with E-state index < -0.39 is 0 Å². The molecule has 24 heavy (non-hydrogen) atoms. The lowest BCUT2D eigenvalue weighted by molar-refractivity contribution is -0.254. The Kier molecular flexibility index (Phi) is 6.68. The predicted molar refractivity (Wildman–Crippen MR) is 92.7 cm³/mol. The lowest BCUT2D eigenvalue weighted by Crippen LogP contribution is -2.47. The van der Waals surface area contributed by atoms with Gasteiger partial charge in [0.2, 0.25) is 0 Å². The van der Waals surface area contributed by atoms with Gasteiger partial charge in [-0.15, -0.1) is 0 Å². The van der Waals surface area contributed by atoms with Crippen molar-refractivity contribution in [2.24, 2.45) is 0 Å². The lowest BCUT2D eigenvalue weighted by atomic mass is 10.1. The third kappa shape index (κ3) is 4.00. The predicted octanol–water partition coefficient (Wildman–Crippen LogP) is 0.460. The summed E-state index contributed by atoms with van der Waals surface area (Å²) >= 11 is 0. The van der Waals surface area contributed by atoms with Gasteiger partial charge in [-0.05, 0) is 30.7 Å². The first-order chi connectivity index (χ1) is 10.7. The molecule has 0 bridgehead atoms. The molecule has 3 rings (SSSR count). The van der Waals surface area contributed by atoms with Crippen molar-refractivity contribution in [3.8, 4) is 6.07 Å². The number of benzene rings is 1. The molecule has 1 aromatic carbocycles. The summed E-state index contributed by atoms with van der Waals surface area (Å²) < 4.78 is 0. The Morgan fingerprint density at radius 2 is 1.75 bits per heavy atom. The van der Waals surface area contributed by atoms with Crippen LogP contribution in [-0.2, 0) is 0 Å². The van der Waals surface area contributed by atoms with E-state index >= 15 is 0 Å². The van der Waals surface area contributed by atoms with Crippen molar-refractivity contribution in [2.45, 2.75) is 6.92 Å². The van der Waals surface area contributed by atoms with Crippen molar-refractivity contribution in [3.05, 3.63) is 47.7 Å². The van der Waals surface area contributed by atoms with E-state index in [1.807, 2.05) is 12.1 Å². The molecule has 1 aliphatic rings. The van der Waals surface area contributed by atoms with Crippen molar-refractivity contribution in [1.82, 2.24) is 4.98 Å². The second-order valence-corrected chi connectivity index (χ2v) is 5.61. The topological polar surface area (TPSA) is 132 Å². The molecule has 1 aromatic heterocycles. The summed E-state index contributed by atoms with van der Waals surface area (Å²) in [4.78, 5) is 9.05. The molecule has 1 aliphatic heterocycles. The largest absolute Gasteiger partial charge is 0.870 e. The maximum Gasteiger partial charge on any atom is 0.128 e. The summed E-state index contributed by atoms with van der Waals surface area (Å²) in [5.41, 5.74) is 8.20. The zero-order valence-electron chi connectivity index (χ0n) is 13.7. The molecular formula is C17H23N5O2. The fourth-order valence-electron chi connectivity index (χ4n) is 2.89. The summed E-state index contributed by atoms with van der Waals surface area (Å²) in [6.07, 6.45) is 1.64. The first-order valence-electron chi connectivity index (χ1n) is 7.46. The van der Waals surface area contributed by atoms with Crippen molar-refractivity contribution in [1.29, 1.82) is 5.26 Å². The van der Waals surface area contributed by atoms with Crippen molar-refractivity contribution in [2.75, 3.05) is 36.0 Å². The highest BCUT2D eigenvalue weighted by molar-refractivity contribution is 5.58. The lowest BCUT2D eigenvalue weighted by Gasteiger charge is -2.37. The third-order valence-corrected chi connectivity index (χ3v) is 4.08. The SMILES string of the molecule is Cc1cc([NH3+])ccc1N1CCN(c2ccc(C#N)cn2)CC1.O.[OH-]. The van der Waals surface area contributed by atoms with E-state index in [-0.39, 0.29) is 11.0 Å². The van der Waals surface area contributed by atoms with Crippen LogP contribution in [0.3, 0.4) is 0 Å². The normalized spacial score (nSPS) is 13.5. The number of quaternary nitrogens is 1. The van der Waals surface area contributed by atoms with Crippen LogP contribution >= 0.6 is 0 Å². The Balaban J connectivity index is 0.00000144. The molecule has 7 heteroatoms. The number of rotatable bonds is 2. The second-order valence-electron chi connectivity index (χ2n) is 5.61. The van der Waals surface area contributed by atoms with E-state index in [0.717, 1.165) is 37.7 Å². The van der Waals surface area contributed by atoms with Gasteiger partial charge >= 0.3 is 0 Å². The first kappa shape index (κ1) is 19.4. The number of nitrogens with zero attached hydrogens (tertiary/aromatic N) is 4. The average Bonchev–Trinajstić information content (AvgIpc) is 2.55. The molecule has 0 unspecified atom stereocenters. The van der Waals surface area contributed by atoms with E-state index in [1.54, 1.807) is 6.20 Å². The zero-order valence-corrected chi connectivity index (χ0v) is 13.7. The Hall–Kier alpha value is -2.66. The highest BCUT2D eigenvalue weighted by atomic mass is 16.0. The van der Waals surface area contributed by atoms with Crippen molar-refractivity contribution >= 4 is 17.2 Å². The Morgan fingerprint density at radius 3 is 2.29 bits per heavy atom. The Bertz CT molecular complexity index is 704. The molecule has 2 aromatic rings. The molecule has 0 aliphatic carbocycles. The maximum atomic E-state index is 8.83. The van der Waals surface area contributed by atoms with Gasteiger partial charge in [0.05, 0.1) is 5.56 Å². The summed E-state index contributed by atoms with van der Waals surface area (Å²) in [6.45, 7) is 5.95. The number of nitriles is 1. The van der Waals surface area contributed by atoms with Crippen LogP contribution in [0.5, 0.6) is 0 Å². The molecule has 0 amide bonds. The average molecular weight is 329 g/mol. The molecule has 128 valence electrons. The fourth-order valence-corrected chi connectivity index (χ4v) is 2.89. The minimum Gasteiger partial charge on any atom is -0.870 e. The Labute approximate surface area is 141 Å². The Morgan fingerprint density at radius 1 is 1.08 bits per heavy atom. The van der Waals surface area contributed by atoms with Crippen molar-refractivity contribution in [3.63, 3.8) is 0 Å². The molecule has 0 spiro atoms.